The maximum absolute atomic E-state index is 12.2. The van der Waals surface area contributed by atoms with Crippen molar-refractivity contribution in [1.29, 1.82) is 0 Å². The van der Waals surface area contributed by atoms with E-state index >= 15 is 0 Å². The summed E-state index contributed by atoms with van der Waals surface area (Å²) in [6.07, 6.45) is 4.54. The molecule has 0 spiro atoms. The van der Waals surface area contributed by atoms with Crippen LogP contribution in [0, 0.1) is 5.41 Å². The summed E-state index contributed by atoms with van der Waals surface area (Å²) in [5.74, 6) is 0. The lowest BCUT2D eigenvalue weighted by molar-refractivity contribution is 0.449. The molecule has 1 aliphatic carbocycles. The minimum atomic E-state index is -3.33. The molecule has 1 saturated carbocycles. The number of rotatable bonds is 8. The van der Waals surface area contributed by atoms with Crippen LogP contribution in [0.3, 0.4) is 0 Å². The number of hydrogen-bond acceptors (Lipinski definition) is 4. The van der Waals surface area contributed by atoms with Crippen molar-refractivity contribution < 1.29 is 8.42 Å². The molecular weight excluding hydrogens is 280 g/mol. The van der Waals surface area contributed by atoms with E-state index < -0.39 is 10.0 Å². The summed E-state index contributed by atoms with van der Waals surface area (Å²) in [6.45, 7) is 3.44. The van der Waals surface area contributed by atoms with Gasteiger partial charge in [0.25, 0.3) is 0 Å². The first-order valence-corrected chi connectivity index (χ1v) is 9.09. The van der Waals surface area contributed by atoms with E-state index in [2.05, 4.69) is 17.0 Å². The van der Waals surface area contributed by atoms with Crippen LogP contribution in [0.1, 0.15) is 38.2 Å². The molecule has 0 aromatic carbocycles. The van der Waals surface area contributed by atoms with Crippen molar-refractivity contribution in [3.63, 3.8) is 0 Å². The van der Waals surface area contributed by atoms with Gasteiger partial charge in [0.15, 0.2) is 0 Å². The van der Waals surface area contributed by atoms with Gasteiger partial charge in [0.2, 0.25) is 10.0 Å². The molecule has 2 N–H and O–H groups in total. The first kappa shape index (κ1) is 15.0. The van der Waals surface area contributed by atoms with E-state index in [0.717, 1.165) is 31.2 Å². The first-order chi connectivity index (χ1) is 9.01. The van der Waals surface area contributed by atoms with Crippen molar-refractivity contribution in [2.75, 3.05) is 13.6 Å². The molecule has 0 atom stereocenters. The molecule has 1 aromatic rings. The van der Waals surface area contributed by atoms with E-state index in [-0.39, 0.29) is 5.41 Å². The third-order valence-corrected chi connectivity index (χ3v) is 6.54. The highest BCUT2D eigenvalue weighted by Gasteiger charge is 2.42. The number of sulfonamides is 1. The molecule has 108 valence electrons. The second kappa shape index (κ2) is 5.91. The lowest BCUT2D eigenvalue weighted by Crippen LogP contribution is -2.29. The second-order valence-corrected chi connectivity index (χ2v) is 8.28. The zero-order valence-corrected chi connectivity index (χ0v) is 13.2. The molecule has 0 aliphatic heterocycles. The molecule has 1 aliphatic rings. The summed E-state index contributed by atoms with van der Waals surface area (Å²) in [7, 11) is -1.48. The quantitative estimate of drug-likeness (QED) is 0.775. The smallest absolute Gasteiger partial charge is 0.250 e. The fourth-order valence-electron chi connectivity index (χ4n) is 2.33. The van der Waals surface area contributed by atoms with Gasteiger partial charge in [0.05, 0.1) is 0 Å². The third kappa shape index (κ3) is 3.78. The van der Waals surface area contributed by atoms with Crippen LogP contribution in [0.5, 0.6) is 0 Å². The molecular formula is C13H22N2O2S2. The Morgan fingerprint density at radius 3 is 2.74 bits per heavy atom. The number of nitrogens with one attached hydrogen (secondary N) is 2. The first-order valence-electron chi connectivity index (χ1n) is 6.73. The van der Waals surface area contributed by atoms with Crippen LogP contribution >= 0.6 is 11.3 Å². The van der Waals surface area contributed by atoms with E-state index in [1.807, 2.05) is 12.4 Å². The van der Waals surface area contributed by atoms with E-state index in [9.17, 15) is 8.42 Å². The molecule has 0 amide bonds. The minimum Gasteiger partial charge on any atom is -0.316 e. The Bertz CT molecular complexity index is 519. The van der Waals surface area contributed by atoms with Gasteiger partial charge in [0.1, 0.15) is 4.21 Å². The lowest BCUT2D eigenvalue weighted by Gasteiger charge is -2.14. The van der Waals surface area contributed by atoms with Crippen LogP contribution in [-0.4, -0.2) is 22.0 Å². The summed E-state index contributed by atoms with van der Waals surface area (Å²) < 4.78 is 27.6. The predicted molar refractivity (Wildman–Crippen MR) is 78.8 cm³/mol. The van der Waals surface area contributed by atoms with Gasteiger partial charge >= 0.3 is 0 Å². The lowest BCUT2D eigenvalue weighted by atomic mass is 10.0. The molecule has 0 unspecified atom stereocenters. The maximum Gasteiger partial charge on any atom is 0.250 e. The molecule has 0 saturated heterocycles. The van der Waals surface area contributed by atoms with E-state index in [4.69, 9.17) is 0 Å². The Labute approximate surface area is 119 Å². The SMILES string of the molecule is CCCC1(CNS(=O)(=O)c2cc(CNC)cs2)CC1. The monoisotopic (exact) mass is 302 g/mol. The average Bonchev–Trinajstić information content (AvgIpc) is 2.96. The Hall–Kier alpha value is -0.430. The van der Waals surface area contributed by atoms with Crippen molar-refractivity contribution >= 4 is 21.4 Å². The minimum absolute atomic E-state index is 0.243. The maximum atomic E-state index is 12.2. The highest BCUT2D eigenvalue weighted by molar-refractivity contribution is 7.91. The van der Waals surface area contributed by atoms with Crippen molar-refractivity contribution in [2.45, 2.75) is 43.4 Å². The molecule has 4 nitrogen and oxygen atoms in total. The van der Waals surface area contributed by atoms with Crippen LogP contribution in [0.15, 0.2) is 15.7 Å². The van der Waals surface area contributed by atoms with E-state index in [0.29, 0.717) is 17.3 Å². The Balaban J connectivity index is 1.97. The Morgan fingerprint density at radius 1 is 1.42 bits per heavy atom. The van der Waals surface area contributed by atoms with Gasteiger partial charge in [-0.2, -0.15) is 0 Å². The topological polar surface area (TPSA) is 58.2 Å². The van der Waals surface area contributed by atoms with Gasteiger partial charge in [-0.1, -0.05) is 13.3 Å². The van der Waals surface area contributed by atoms with Gasteiger partial charge in [-0.15, -0.1) is 11.3 Å². The second-order valence-electron chi connectivity index (χ2n) is 5.38. The zero-order chi connectivity index (χ0) is 13.9. The molecule has 0 bridgehead atoms. The molecule has 1 aromatic heterocycles. The van der Waals surface area contributed by atoms with E-state index in [1.54, 1.807) is 6.07 Å². The highest BCUT2D eigenvalue weighted by Crippen LogP contribution is 2.49. The predicted octanol–water partition coefficient (Wildman–Crippen LogP) is 2.33. The number of hydrogen-bond donors (Lipinski definition) is 2. The molecule has 19 heavy (non-hydrogen) atoms. The highest BCUT2D eigenvalue weighted by atomic mass is 32.2. The fraction of sp³-hybridized carbons (Fsp3) is 0.692. The van der Waals surface area contributed by atoms with E-state index in [1.165, 1.54) is 11.3 Å². The fourth-order valence-corrected chi connectivity index (χ4v) is 4.74. The van der Waals surface area contributed by atoms with Crippen LogP contribution in [0.4, 0.5) is 0 Å². The summed E-state index contributed by atoms with van der Waals surface area (Å²) in [6, 6.07) is 1.75. The van der Waals surface area contributed by atoms with Crippen molar-refractivity contribution in [3.8, 4) is 0 Å². The Morgan fingerprint density at radius 2 is 2.16 bits per heavy atom. The van der Waals surface area contributed by atoms with Crippen LogP contribution < -0.4 is 10.0 Å². The normalized spacial score (nSPS) is 17.6. The van der Waals surface area contributed by atoms with Crippen LogP contribution in [-0.2, 0) is 16.6 Å². The van der Waals surface area contributed by atoms with Gasteiger partial charge in [-0.3, -0.25) is 0 Å². The van der Waals surface area contributed by atoms with Crippen molar-refractivity contribution in [3.05, 3.63) is 17.0 Å². The van der Waals surface area contributed by atoms with Crippen molar-refractivity contribution in [1.82, 2.24) is 10.0 Å². The summed E-state index contributed by atoms with van der Waals surface area (Å²) in [5.41, 5.74) is 1.26. The molecule has 1 fully saturated rings. The van der Waals surface area contributed by atoms with Gasteiger partial charge in [0, 0.05) is 13.1 Å². The molecule has 0 radical (unpaired) electrons. The van der Waals surface area contributed by atoms with Gasteiger partial charge in [-0.25, -0.2) is 13.1 Å². The zero-order valence-electron chi connectivity index (χ0n) is 11.5. The number of thiophene rings is 1. The summed E-state index contributed by atoms with van der Waals surface area (Å²) >= 11 is 1.29. The summed E-state index contributed by atoms with van der Waals surface area (Å²) in [4.78, 5) is 0. The third-order valence-electron chi connectivity index (χ3n) is 3.65. The van der Waals surface area contributed by atoms with Crippen molar-refractivity contribution in [2.24, 2.45) is 5.41 Å². The largest absolute Gasteiger partial charge is 0.316 e. The Kier molecular flexibility index (Phi) is 4.66. The van der Waals surface area contributed by atoms with Gasteiger partial charge < -0.3 is 5.32 Å². The molecule has 6 heteroatoms. The van der Waals surface area contributed by atoms with Gasteiger partial charge in [-0.05, 0) is 48.7 Å². The molecule has 2 rings (SSSR count). The van der Waals surface area contributed by atoms with Crippen LogP contribution in [0.2, 0.25) is 0 Å². The van der Waals surface area contributed by atoms with Crippen LogP contribution in [0.25, 0.3) is 0 Å². The molecule has 1 heterocycles. The summed E-state index contributed by atoms with van der Waals surface area (Å²) in [5, 5.41) is 4.92. The standard InChI is InChI=1S/C13H22N2O2S2/c1-3-4-13(5-6-13)10-15-19(16,17)12-7-11(8-14-2)9-18-12/h7,9,14-15H,3-6,8,10H2,1-2H3. The average molecular weight is 302 g/mol.